The highest BCUT2D eigenvalue weighted by Gasteiger charge is 2.02. The van der Waals surface area contributed by atoms with Crippen LogP contribution in [0.15, 0.2) is 35.2 Å². The molecule has 1 aromatic carbocycles. The molecule has 146 valence electrons. The van der Waals surface area contributed by atoms with Gasteiger partial charge in [-0.15, -0.1) is 0 Å². The molecule has 0 heterocycles. The molecule has 1 unspecified atom stereocenters. The van der Waals surface area contributed by atoms with Gasteiger partial charge in [0.1, 0.15) is 0 Å². The van der Waals surface area contributed by atoms with E-state index in [-0.39, 0.29) is 0 Å². The molecule has 0 saturated heterocycles. The third-order valence-corrected chi connectivity index (χ3v) is 4.66. The van der Waals surface area contributed by atoms with Crippen LogP contribution in [0.1, 0.15) is 85.0 Å². The average Bonchev–Trinajstić information content (AvgIpc) is 2.60. The summed E-state index contributed by atoms with van der Waals surface area (Å²) in [6, 6.07) is 9.71. The molecule has 2 N–H and O–H groups in total. The van der Waals surface area contributed by atoms with Crippen LogP contribution in [0.25, 0.3) is 0 Å². The quantitative estimate of drug-likeness (QED) is 0.434. The Labute approximate surface area is 158 Å². The van der Waals surface area contributed by atoms with Gasteiger partial charge >= 0.3 is 0 Å². The van der Waals surface area contributed by atoms with E-state index >= 15 is 0 Å². The Balaban J connectivity index is 0.00000129. The Kier molecular flexibility index (Phi) is 17.6. The first kappa shape index (κ1) is 24.3. The van der Waals surface area contributed by atoms with Crippen LogP contribution in [0.4, 0.5) is 0 Å². The molecular weight excluding hydrogens is 330 g/mol. The molecule has 25 heavy (non-hydrogen) atoms. The maximum absolute atomic E-state index is 11.8. The molecule has 1 atom stereocenters. The van der Waals surface area contributed by atoms with E-state index in [4.69, 9.17) is 9.92 Å². The first-order valence-electron chi connectivity index (χ1n) is 9.93. The molecule has 1 rings (SSSR count). The van der Waals surface area contributed by atoms with Crippen molar-refractivity contribution < 1.29 is 8.39 Å². The van der Waals surface area contributed by atoms with Gasteiger partial charge in [-0.05, 0) is 24.6 Å². The number of benzene rings is 1. The zero-order chi connectivity index (χ0) is 18.8. The van der Waals surface area contributed by atoms with Crippen molar-refractivity contribution in [2.24, 2.45) is 5.73 Å². The minimum atomic E-state index is -1.30. The standard InChI is InChI=1S/C18H30O2S.C3H9N/c1-2-3-4-5-6-7-8-9-10-14-17-20-21(19)18-15-12-11-13-16-18;1-3(2)4/h11-13,15-16H,2-10,14,17H2,1H3;3H,4H2,1-2H3. The van der Waals surface area contributed by atoms with Crippen molar-refractivity contribution in [2.75, 3.05) is 6.61 Å². The second-order valence-electron chi connectivity index (χ2n) is 6.80. The first-order chi connectivity index (χ1) is 12.1. The Morgan fingerprint density at radius 2 is 1.32 bits per heavy atom. The van der Waals surface area contributed by atoms with Crippen LogP contribution < -0.4 is 5.73 Å². The summed E-state index contributed by atoms with van der Waals surface area (Å²) in [5, 5.41) is 0. The third kappa shape index (κ3) is 17.9. The summed E-state index contributed by atoms with van der Waals surface area (Å²) in [7, 11) is 0. The van der Waals surface area contributed by atoms with Gasteiger partial charge in [-0.1, -0.05) is 96.8 Å². The maximum Gasteiger partial charge on any atom is 0.189 e. The van der Waals surface area contributed by atoms with Gasteiger partial charge in [0.2, 0.25) is 0 Å². The van der Waals surface area contributed by atoms with Crippen LogP contribution in [0.3, 0.4) is 0 Å². The number of nitrogens with two attached hydrogens (primary N) is 1. The summed E-state index contributed by atoms with van der Waals surface area (Å²) in [6.45, 7) is 6.74. The predicted molar refractivity (Wildman–Crippen MR) is 110 cm³/mol. The Hall–Kier alpha value is -0.710. The molecule has 0 aliphatic carbocycles. The lowest BCUT2D eigenvalue weighted by atomic mass is 10.1. The number of unbranched alkanes of at least 4 members (excludes halogenated alkanes) is 9. The Bertz CT molecular complexity index is 407. The van der Waals surface area contributed by atoms with Gasteiger partial charge in [0.25, 0.3) is 0 Å². The minimum Gasteiger partial charge on any atom is -0.328 e. The van der Waals surface area contributed by atoms with E-state index in [0.717, 1.165) is 11.3 Å². The molecule has 0 bridgehead atoms. The number of hydrogen-bond acceptors (Lipinski definition) is 3. The van der Waals surface area contributed by atoms with Crippen LogP contribution in [0, 0.1) is 0 Å². The van der Waals surface area contributed by atoms with Gasteiger partial charge < -0.3 is 5.73 Å². The Morgan fingerprint density at radius 1 is 0.880 bits per heavy atom. The first-order valence-corrected chi connectivity index (χ1v) is 11.0. The topological polar surface area (TPSA) is 52.3 Å². The van der Waals surface area contributed by atoms with Crippen molar-refractivity contribution in [3.05, 3.63) is 30.3 Å². The average molecular weight is 370 g/mol. The van der Waals surface area contributed by atoms with Crippen molar-refractivity contribution in [1.82, 2.24) is 0 Å². The summed E-state index contributed by atoms with van der Waals surface area (Å²) < 4.78 is 17.2. The van der Waals surface area contributed by atoms with Crippen LogP contribution in [-0.2, 0) is 15.3 Å². The van der Waals surface area contributed by atoms with Gasteiger partial charge in [-0.2, -0.15) is 0 Å². The zero-order valence-corrected chi connectivity index (χ0v) is 17.4. The molecule has 0 saturated carbocycles. The molecule has 0 fully saturated rings. The van der Waals surface area contributed by atoms with E-state index < -0.39 is 11.1 Å². The Morgan fingerprint density at radius 3 is 1.80 bits per heavy atom. The molecule has 3 nitrogen and oxygen atoms in total. The normalized spacial score (nSPS) is 11.9. The fourth-order valence-electron chi connectivity index (χ4n) is 2.32. The second kappa shape index (κ2) is 18.1. The smallest absolute Gasteiger partial charge is 0.189 e. The summed E-state index contributed by atoms with van der Waals surface area (Å²) in [5.74, 6) is 0. The summed E-state index contributed by atoms with van der Waals surface area (Å²) >= 11 is -1.30. The zero-order valence-electron chi connectivity index (χ0n) is 16.5. The monoisotopic (exact) mass is 369 g/mol. The molecule has 0 radical (unpaired) electrons. The maximum atomic E-state index is 11.8. The third-order valence-electron chi connectivity index (χ3n) is 3.62. The van der Waals surface area contributed by atoms with E-state index in [9.17, 15) is 4.21 Å². The van der Waals surface area contributed by atoms with Gasteiger partial charge in [0.05, 0.1) is 11.5 Å². The van der Waals surface area contributed by atoms with Crippen LogP contribution in [-0.4, -0.2) is 16.9 Å². The summed E-state index contributed by atoms with van der Waals surface area (Å²) in [5.41, 5.74) is 5.11. The summed E-state index contributed by atoms with van der Waals surface area (Å²) in [6.07, 6.45) is 13.0. The summed E-state index contributed by atoms with van der Waals surface area (Å²) in [4.78, 5) is 0.754. The highest BCUT2D eigenvalue weighted by atomic mass is 32.2. The van der Waals surface area contributed by atoms with E-state index in [1.165, 1.54) is 57.8 Å². The molecule has 0 amide bonds. The number of hydrogen-bond donors (Lipinski definition) is 1. The van der Waals surface area contributed by atoms with Crippen LogP contribution in [0.5, 0.6) is 0 Å². The molecule has 0 aliphatic heterocycles. The van der Waals surface area contributed by atoms with E-state index in [1.54, 1.807) is 0 Å². The van der Waals surface area contributed by atoms with Gasteiger partial charge in [0, 0.05) is 0 Å². The lowest BCUT2D eigenvalue weighted by Crippen LogP contribution is -2.06. The van der Waals surface area contributed by atoms with Gasteiger partial charge in [-0.3, -0.25) is 4.18 Å². The van der Waals surface area contributed by atoms with Crippen molar-refractivity contribution in [1.29, 1.82) is 0 Å². The highest BCUT2D eigenvalue weighted by Crippen LogP contribution is 2.11. The van der Waals surface area contributed by atoms with E-state index in [2.05, 4.69) is 6.92 Å². The molecule has 1 aromatic rings. The van der Waals surface area contributed by atoms with Crippen molar-refractivity contribution in [3.63, 3.8) is 0 Å². The van der Waals surface area contributed by atoms with E-state index in [0.29, 0.717) is 12.6 Å². The van der Waals surface area contributed by atoms with Gasteiger partial charge in [0.15, 0.2) is 11.1 Å². The second-order valence-corrected chi connectivity index (χ2v) is 7.97. The molecule has 4 heteroatoms. The lowest BCUT2D eigenvalue weighted by Gasteiger charge is -2.04. The lowest BCUT2D eigenvalue weighted by molar-refractivity contribution is 0.332. The highest BCUT2D eigenvalue weighted by molar-refractivity contribution is 7.80. The number of rotatable bonds is 13. The molecule has 0 aromatic heterocycles. The molecule has 0 aliphatic rings. The van der Waals surface area contributed by atoms with Crippen molar-refractivity contribution >= 4 is 11.1 Å². The van der Waals surface area contributed by atoms with Crippen LogP contribution in [0.2, 0.25) is 0 Å². The largest absolute Gasteiger partial charge is 0.328 e. The van der Waals surface area contributed by atoms with Gasteiger partial charge in [-0.25, -0.2) is 4.21 Å². The van der Waals surface area contributed by atoms with Crippen molar-refractivity contribution in [3.8, 4) is 0 Å². The SMILES string of the molecule is CC(C)N.CCCCCCCCCCCCOS(=O)c1ccccc1. The molecule has 0 spiro atoms. The fraction of sp³-hybridized carbons (Fsp3) is 0.714. The predicted octanol–water partition coefficient (Wildman–Crippen LogP) is 6.00. The molecular formula is C21H39NO2S. The fourth-order valence-corrected chi connectivity index (χ4v) is 3.11. The minimum absolute atomic E-state index is 0.333. The van der Waals surface area contributed by atoms with Crippen molar-refractivity contribution in [2.45, 2.75) is 95.9 Å². The van der Waals surface area contributed by atoms with Crippen LogP contribution >= 0.6 is 0 Å². The van der Waals surface area contributed by atoms with E-state index in [1.807, 2.05) is 44.2 Å².